The predicted molar refractivity (Wildman–Crippen MR) is 81.8 cm³/mol. The Morgan fingerprint density at radius 1 is 1.13 bits per heavy atom. The minimum absolute atomic E-state index is 0.0642. The van der Waals surface area contributed by atoms with Crippen LogP contribution in [0.5, 0.6) is 5.75 Å². The molecular formula is C16H19N3O4. The van der Waals surface area contributed by atoms with E-state index in [4.69, 9.17) is 14.7 Å². The zero-order valence-corrected chi connectivity index (χ0v) is 13.0. The molecule has 0 N–H and O–H groups in total. The van der Waals surface area contributed by atoms with Crippen molar-refractivity contribution < 1.29 is 19.1 Å². The van der Waals surface area contributed by atoms with E-state index in [1.165, 1.54) is 0 Å². The van der Waals surface area contributed by atoms with Gasteiger partial charge in [-0.15, -0.1) is 0 Å². The van der Waals surface area contributed by atoms with Gasteiger partial charge in [0.1, 0.15) is 5.75 Å². The second-order valence-corrected chi connectivity index (χ2v) is 4.99. The molecule has 0 aliphatic carbocycles. The van der Waals surface area contributed by atoms with Crippen molar-refractivity contribution in [2.45, 2.75) is 6.92 Å². The topological polar surface area (TPSA) is 82.9 Å². The van der Waals surface area contributed by atoms with Crippen molar-refractivity contribution in [3.05, 3.63) is 29.8 Å². The zero-order valence-electron chi connectivity index (χ0n) is 13.0. The Kier molecular flexibility index (Phi) is 5.80. The molecule has 1 heterocycles. The van der Waals surface area contributed by atoms with Gasteiger partial charge in [0.25, 0.3) is 5.91 Å². The molecule has 1 saturated heterocycles. The molecule has 1 aromatic rings. The van der Waals surface area contributed by atoms with Gasteiger partial charge in [-0.25, -0.2) is 4.79 Å². The van der Waals surface area contributed by atoms with Crippen LogP contribution in [0.15, 0.2) is 24.3 Å². The Morgan fingerprint density at radius 3 is 2.30 bits per heavy atom. The normalized spacial score (nSPS) is 14.1. The van der Waals surface area contributed by atoms with Crippen LogP contribution in [0.25, 0.3) is 0 Å². The maximum absolute atomic E-state index is 12.1. The highest BCUT2D eigenvalue weighted by molar-refractivity contribution is 5.78. The number of ether oxygens (including phenoxy) is 2. The minimum atomic E-state index is -0.339. The number of rotatable bonds is 4. The van der Waals surface area contributed by atoms with Crippen LogP contribution in [0.2, 0.25) is 0 Å². The summed E-state index contributed by atoms with van der Waals surface area (Å²) < 4.78 is 10.4. The Balaban J connectivity index is 1.76. The van der Waals surface area contributed by atoms with Crippen molar-refractivity contribution in [3.8, 4) is 11.8 Å². The van der Waals surface area contributed by atoms with Gasteiger partial charge in [-0.1, -0.05) is 0 Å². The third-order valence-electron chi connectivity index (χ3n) is 3.50. The summed E-state index contributed by atoms with van der Waals surface area (Å²) in [6, 6.07) is 8.61. The Labute approximate surface area is 135 Å². The molecule has 1 aliphatic heterocycles. The lowest BCUT2D eigenvalue weighted by Gasteiger charge is -2.33. The quantitative estimate of drug-likeness (QED) is 0.834. The smallest absolute Gasteiger partial charge is 0.409 e. The van der Waals surface area contributed by atoms with Gasteiger partial charge < -0.3 is 19.3 Å². The van der Waals surface area contributed by atoms with Crippen molar-refractivity contribution in [1.29, 1.82) is 5.26 Å². The number of carbonyl (C=O) groups excluding carboxylic acids is 2. The molecule has 0 aromatic heterocycles. The molecule has 0 atom stereocenters. The van der Waals surface area contributed by atoms with Crippen LogP contribution >= 0.6 is 0 Å². The molecule has 7 heteroatoms. The number of hydrogen-bond acceptors (Lipinski definition) is 5. The van der Waals surface area contributed by atoms with Crippen LogP contribution in [-0.4, -0.2) is 61.2 Å². The van der Waals surface area contributed by atoms with Gasteiger partial charge in [-0.2, -0.15) is 5.26 Å². The molecule has 1 aromatic carbocycles. The van der Waals surface area contributed by atoms with Crippen LogP contribution in [0.1, 0.15) is 12.5 Å². The monoisotopic (exact) mass is 317 g/mol. The van der Waals surface area contributed by atoms with Crippen LogP contribution in [-0.2, 0) is 9.53 Å². The first-order valence-electron chi connectivity index (χ1n) is 7.46. The third kappa shape index (κ3) is 4.61. The molecule has 23 heavy (non-hydrogen) atoms. The van der Waals surface area contributed by atoms with Crippen molar-refractivity contribution >= 4 is 12.0 Å². The second kappa shape index (κ2) is 8.03. The lowest BCUT2D eigenvalue weighted by Crippen LogP contribution is -2.51. The first-order valence-corrected chi connectivity index (χ1v) is 7.46. The van der Waals surface area contributed by atoms with Crippen LogP contribution < -0.4 is 4.74 Å². The number of carbonyl (C=O) groups is 2. The molecule has 2 amide bonds. The maximum Gasteiger partial charge on any atom is 0.409 e. The molecule has 7 nitrogen and oxygen atoms in total. The standard InChI is InChI=1S/C16H19N3O4/c1-2-22-16(21)19-9-7-18(8-10-19)15(20)12-23-14-5-3-13(11-17)4-6-14/h3-6H,2,7-10,12H2,1H3. The SMILES string of the molecule is CCOC(=O)N1CCN(C(=O)COc2ccc(C#N)cc2)CC1. The zero-order chi connectivity index (χ0) is 16.7. The highest BCUT2D eigenvalue weighted by Gasteiger charge is 2.24. The van der Waals surface area contributed by atoms with E-state index in [-0.39, 0.29) is 18.6 Å². The summed E-state index contributed by atoms with van der Waals surface area (Å²) in [7, 11) is 0. The summed E-state index contributed by atoms with van der Waals surface area (Å²) in [4.78, 5) is 27.0. The molecule has 0 spiro atoms. The first kappa shape index (κ1) is 16.6. The fraction of sp³-hybridized carbons (Fsp3) is 0.438. The lowest BCUT2D eigenvalue weighted by molar-refractivity contribution is -0.134. The van der Waals surface area contributed by atoms with Gasteiger partial charge in [-0.05, 0) is 31.2 Å². The van der Waals surface area contributed by atoms with E-state index in [1.54, 1.807) is 41.0 Å². The summed E-state index contributed by atoms with van der Waals surface area (Å²) >= 11 is 0. The minimum Gasteiger partial charge on any atom is -0.484 e. The molecule has 122 valence electrons. The summed E-state index contributed by atoms with van der Waals surface area (Å²) in [5.41, 5.74) is 0.541. The van der Waals surface area contributed by atoms with Crippen molar-refractivity contribution in [3.63, 3.8) is 0 Å². The Morgan fingerprint density at radius 2 is 1.74 bits per heavy atom. The number of amides is 2. The molecule has 0 bridgehead atoms. The molecule has 1 aliphatic rings. The van der Waals surface area contributed by atoms with Crippen LogP contribution in [0.4, 0.5) is 4.79 Å². The lowest BCUT2D eigenvalue weighted by atomic mass is 10.2. The molecule has 0 unspecified atom stereocenters. The van der Waals surface area contributed by atoms with Gasteiger partial charge in [0.15, 0.2) is 6.61 Å². The highest BCUT2D eigenvalue weighted by atomic mass is 16.6. The molecule has 0 saturated carbocycles. The largest absolute Gasteiger partial charge is 0.484 e. The fourth-order valence-electron chi connectivity index (χ4n) is 2.22. The summed E-state index contributed by atoms with van der Waals surface area (Å²) in [6.45, 7) is 3.89. The average molecular weight is 317 g/mol. The van der Waals surface area contributed by atoms with E-state index in [9.17, 15) is 9.59 Å². The van der Waals surface area contributed by atoms with Gasteiger partial charge in [0.2, 0.25) is 0 Å². The van der Waals surface area contributed by atoms with Gasteiger partial charge >= 0.3 is 6.09 Å². The van der Waals surface area contributed by atoms with E-state index in [0.717, 1.165) is 0 Å². The number of hydrogen-bond donors (Lipinski definition) is 0. The fourth-order valence-corrected chi connectivity index (χ4v) is 2.22. The molecule has 1 fully saturated rings. The molecular weight excluding hydrogens is 298 g/mol. The van der Waals surface area contributed by atoms with Crippen molar-refractivity contribution in [2.24, 2.45) is 0 Å². The van der Waals surface area contributed by atoms with Crippen LogP contribution in [0.3, 0.4) is 0 Å². The maximum atomic E-state index is 12.1. The highest BCUT2D eigenvalue weighted by Crippen LogP contribution is 2.12. The van der Waals surface area contributed by atoms with E-state index in [1.807, 2.05) is 6.07 Å². The Bertz CT molecular complexity index is 586. The first-order chi connectivity index (χ1) is 11.1. The number of benzene rings is 1. The predicted octanol–water partition coefficient (Wildman–Crippen LogP) is 1.24. The van der Waals surface area contributed by atoms with Crippen LogP contribution in [0, 0.1) is 11.3 Å². The number of nitriles is 1. The van der Waals surface area contributed by atoms with Crippen molar-refractivity contribution in [2.75, 3.05) is 39.4 Å². The average Bonchev–Trinajstić information content (AvgIpc) is 2.60. The number of nitrogens with zero attached hydrogens (tertiary/aromatic N) is 3. The summed E-state index contributed by atoms with van der Waals surface area (Å²) in [6.07, 6.45) is -0.339. The second-order valence-electron chi connectivity index (χ2n) is 4.99. The Hall–Kier alpha value is -2.75. The number of piperazine rings is 1. The van der Waals surface area contributed by atoms with Gasteiger partial charge in [0.05, 0.1) is 18.2 Å². The van der Waals surface area contributed by atoms with Crippen molar-refractivity contribution in [1.82, 2.24) is 9.80 Å². The van der Waals surface area contributed by atoms with Gasteiger partial charge in [-0.3, -0.25) is 4.79 Å². The summed E-state index contributed by atoms with van der Waals surface area (Å²) in [5, 5.41) is 8.72. The van der Waals surface area contributed by atoms with E-state index < -0.39 is 0 Å². The van der Waals surface area contributed by atoms with E-state index in [0.29, 0.717) is 44.1 Å². The summed E-state index contributed by atoms with van der Waals surface area (Å²) in [5.74, 6) is 0.417. The molecule has 0 radical (unpaired) electrons. The van der Waals surface area contributed by atoms with E-state index >= 15 is 0 Å². The third-order valence-corrected chi connectivity index (χ3v) is 3.50. The van der Waals surface area contributed by atoms with E-state index in [2.05, 4.69) is 0 Å². The van der Waals surface area contributed by atoms with Gasteiger partial charge in [0, 0.05) is 26.2 Å². The molecule has 2 rings (SSSR count).